The first-order valence-corrected chi connectivity index (χ1v) is 12.6. The largest absolute Gasteiger partial charge is 0.330 e. The highest BCUT2D eigenvalue weighted by atomic mass is 35.5. The Bertz CT molecular complexity index is 1120. The molecule has 2 aromatic carbocycles. The maximum absolute atomic E-state index is 13.7. The summed E-state index contributed by atoms with van der Waals surface area (Å²) < 4.78 is 0. The normalized spacial score (nSPS) is 16.2. The van der Waals surface area contributed by atoms with Crippen LogP contribution in [0, 0.1) is 6.92 Å². The molecule has 3 aromatic rings. The summed E-state index contributed by atoms with van der Waals surface area (Å²) in [5, 5.41) is 2.69. The van der Waals surface area contributed by atoms with Crippen LogP contribution < -0.4 is 0 Å². The van der Waals surface area contributed by atoms with Crippen molar-refractivity contribution >= 4 is 34.8 Å². The molecule has 2 atom stereocenters. The lowest BCUT2D eigenvalue weighted by Gasteiger charge is -2.38. The van der Waals surface area contributed by atoms with Crippen molar-refractivity contribution in [1.82, 2.24) is 9.80 Å². The third-order valence-electron chi connectivity index (χ3n) is 6.46. The van der Waals surface area contributed by atoms with Crippen molar-refractivity contribution in [1.29, 1.82) is 0 Å². The Kier molecular flexibility index (Phi) is 7.20. The second kappa shape index (κ2) is 10.1. The van der Waals surface area contributed by atoms with Crippen LogP contribution in [0.1, 0.15) is 58.2 Å². The van der Waals surface area contributed by atoms with Gasteiger partial charge in [0, 0.05) is 28.0 Å². The van der Waals surface area contributed by atoms with E-state index in [2.05, 4.69) is 42.6 Å². The lowest BCUT2D eigenvalue weighted by atomic mass is 9.92. The van der Waals surface area contributed by atoms with Gasteiger partial charge in [-0.05, 0) is 73.5 Å². The number of fused-ring (bicyclic) bond motifs is 1. The van der Waals surface area contributed by atoms with E-state index in [0.717, 1.165) is 18.4 Å². The van der Waals surface area contributed by atoms with Crippen LogP contribution in [-0.2, 0) is 11.2 Å². The Balaban J connectivity index is 1.63. The van der Waals surface area contributed by atoms with Gasteiger partial charge in [0.25, 0.3) is 5.91 Å². The third kappa shape index (κ3) is 4.99. The fourth-order valence-electron chi connectivity index (χ4n) is 4.34. The van der Waals surface area contributed by atoms with Gasteiger partial charge in [-0.15, -0.1) is 11.3 Å². The molecule has 0 aliphatic carbocycles. The Morgan fingerprint density at radius 3 is 2.48 bits per heavy atom. The van der Waals surface area contributed by atoms with Crippen molar-refractivity contribution in [3.05, 3.63) is 92.1 Å². The molecule has 6 heteroatoms. The van der Waals surface area contributed by atoms with Gasteiger partial charge in [0.05, 0.1) is 6.04 Å². The molecule has 0 saturated carbocycles. The predicted molar refractivity (Wildman–Crippen MR) is 135 cm³/mol. The molecule has 4 rings (SSSR count). The summed E-state index contributed by atoms with van der Waals surface area (Å²) in [6.45, 7) is 6.79. The molecule has 0 bridgehead atoms. The lowest BCUT2D eigenvalue weighted by Crippen LogP contribution is -2.49. The highest BCUT2D eigenvalue weighted by Gasteiger charge is 2.34. The van der Waals surface area contributed by atoms with Crippen LogP contribution in [0.4, 0.5) is 0 Å². The Morgan fingerprint density at radius 2 is 1.82 bits per heavy atom. The summed E-state index contributed by atoms with van der Waals surface area (Å²) in [5.41, 5.74) is 4.03. The van der Waals surface area contributed by atoms with E-state index in [0.29, 0.717) is 17.1 Å². The second-order valence-electron chi connectivity index (χ2n) is 8.65. The summed E-state index contributed by atoms with van der Waals surface area (Å²) >= 11 is 7.76. The molecule has 2 unspecified atom stereocenters. The SMILES string of the molecule is CCC(C)N(CC(=O)N1CCc2sccc2C1c1ccc(C)cc1)C(=O)c1ccc(Cl)cc1. The average molecular weight is 481 g/mol. The van der Waals surface area contributed by atoms with Gasteiger partial charge in [-0.1, -0.05) is 48.4 Å². The molecule has 1 aliphatic heterocycles. The third-order valence-corrected chi connectivity index (χ3v) is 7.71. The van der Waals surface area contributed by atoms with E-state index >= 15 is 0 Å². The average Bonchev–Trinajstić information content (AvgIpc) is 3.31. The molecule has 1 aromatic heterocycles. The van der Waals surface area contributed by atoms with E-state index in [9.17, 15) is 9.59 Å². The van der Waals surface area contributed by atoms with E-state index in [-0.39, 0.29) is 30.4 Å². The van der Waals surface area contributed by atoms with Crippen LogP contribution >= 0.6 is 22.9 Å². The fraction of sp³-hybridized carbons (Fsp3) is 0.333. The zero-order valence-electron chi connectivity index (χ0n) is 19.3. The van der Waals surface area contributed by atoms with E-state index in [1.807, 2.05) is 18.7 Å². The molecule has 0 N–H and O–H groups in total. The van der Waals surface area contributed by atoms with Gasteiger partial charge < -0.3 is 9.80 Å². The first kappa shape index (κ1) is 23.5. The second-order valence-corrected chi connectivity index (χ2v) is 10.1. The van der Waals surface area contributed by atoms with Crippen molar-refractivity contribution in [2.45, 2.75) is 45.7 Å². The standard InChI is InChI=1S/C27H29ClN2O2S/c1-4-19(3)30(27(32)21-9-11-22(28)12-10-21)17-25(31)29-15-13-24-23(14-16-33-24)26(29)20-7-5-18(2)6-8-20/h5-12,14,16,19,26H,4,13,15,17H2,1-3H3. The van der Waals surface area contributed by atoms with Gasteiger partial charge >= 0.3 is 0 Å². The van der Waals surface area contributed by atoms with Gasteiger partial charge in [-0.2, -0.15) is 0 Å². The van der Waals surface area contributed by atoms with Crippen LogP contribution in [0.2, 0.25) is 5.02 Å². The number of amides is 2. The number of hydrogen-bond donors (Lipinski definition) is 0. The number of benzene rings is 2. The van der Waals surface area contributed by atoms with Gasteiger partial charge in [-0.25, -0.2) is 0 Å². The maximum Gasteiger partial charge on any atom is 0.254 e. The number of halogens is 1. The van der Waals surface area contributed by atoms with Crippen LogP contribution in [0.3, 0.4) is 0 Å². The van der Waals surface area contributed by atoms with Crippen LogP contribution in [0.5, 0.6) is 0 Å². The molecule has 0 fully saturated rings. The van der Waals surface area contributed by atoms with Crippen LogP contribution in [-0.4, -0.2) is 40.7 Å². The number of rotatable bonds is 6. The van der Waals surface area contributed by atoms with Gasteiger partial charge in [0.2, 0.25) is 5.91 Å². The van der Waals surface area contributed by atoms with Crippen molar-refractivity contribution in [2.24, 2.45) is 0 Å². The predicted octanol–water partition coefficient (Wildman–Crippen LogP) is 6.12. The highest BCUT2D eigenvalue weighted by Crippen LogP contribution is 2.38. The molecule has 0 spiro atoms. The Labute approximate surface area is 204 Å². The molecule has 1 aliphatic rings. The molecule has 2 amide bonds. The van der Waals surface area contributed by atoms with E-state index in [1.165, 1.54) is 16.0 Å². The zero-order chi connectivity index (χ0) is 23.5. The van der Waals surface area contributed by atoms with Crippen molar-refractivity contribution in [3.63, 3.8) is 0 Å². The molecule has 0 radical (unpaired) electrons. The summed E-state index contributed by atoms with van der Waals surface area (Å²) in [5.74, 6) is -0.172. The first-order chi connectivity index (χ1) is 15.9. The fourth-order valence-corrected chi connectivity index (χ4v) is 5.37. The lowest BCUT2D eigenvalue weighted by molar-refractivity contribution is -0.134. The molecule has 0 saturated heterocycles. The quantitative estimate of drug-likeness (QED) is 0.426. The van der Waals surface area contributed by atoms with E-state index in [1.54, 1.807) is 40.5 Å². The minimum Gasteiger partial charge on any atom is -0.330 e. The monoisotopic (exact) mass is 480 g/mol. The Morgan fingerprint density at radius 1 is 1.12 bits per heavy atom. The maximum atomic E-state index is 13.7. The number of hydrogen-bond acceptors (Lipinski definition) is 3. The molecule has 4 nitrogen and oxygen atoms in total. The Hall–Kier alpha value is -2.63. The van der Waals surface area contributed by atoms with E-state index < -0.39 is 0 Å². The molecule has 172 valence electrons. The summed E-state index contributed by atoms with van der Waals surface area (Å²) in [6, 6.07) is 17.2. The summed E-state index contributed by atoms with van der Waals surface area (Å²) in [4.78, 5) is 32.0. The number of nitrogens with zero attached hydrogens (tertiary/aromatic N) is 2. The highest BCUT2D eigenvalue weighted by molar-refractivity contribution is 7.10. The van der Waals surface area contributed by atoms with Gasteiger partial charge in [-0.3, -0.25) is 9.59 Å². The number of carbonyl (C=O) groups excluding carboxylic acids is 2. The zero-order valence-corrected chi connectivity index (χ0v) is 20.8. The molecule has 33 heavy (non-hydrogen) atoms. The first-order valence-electron chi connectivity index (χ1n) is 11.4. The van der Waals surface area contributed by atoms with Crippen LogP contribution in [0.25, 0.3) is 0 Å². The smallest absolute Gasteiger partial charge is 0.254 e. The van der Waals surface area contributed by atoms with E-state index in [4.69, 9.17) is 11.6 Å². The minimum atomic E-state index is -0.144. The number of thiophene rings is 1. The van der Waals surface area contributed by atoms with Crippen molar-refractivity contribution in [3.8, 4) is 0 Å². The number of aryl methyl sites for hydroxylation is 1. The summed E-state index contributed by atoms with van der Waals surface area (Å²) in [6.07, 6.45) is 1.61. The molecule has 2 heterocycles. The topological polar surface area (TPSA) is 40.6 Å². The molecular formula is C27H29ClN2O2S. The van der Waals surface area contributed by atoms with Crippen LogP contribution in [0.15, 0.2) is 60.0 Å². The number of carbonyl (C=O) groups is 2. The summed E-state index contributed by atoms with van der Waals surface area (Å²) in [7, 11) is 0. The van der Waals surface area contributed by atoms with Crippen molar-refractivity contribution in [2.75, 3.05) is 13.1 Å². The van der Waals surface area contributed by atoms with Crippen molar-refractivity contribution < 1.29 is 9.59 Å². The van der Waals surface area contributed by atoms with Gasteiger partial charge in [0.15, 0.2) is 0 Å². The molecular weight excluding hydrogens is 452 g/mol. The van der Waals surface area contributed by atoms with Gasteiger partial charge in [0.1, 0.15) is 6.54 Å². The minimum absolute atomic E-state index is 0.0277.